The minimum Gasteiger partial charge on any atom is -0.0990 e. The number of hydrogen-bond donors (Lipinski definition) is 0. The fourth-order valence-corrected chi connectivity index (χ4v) is 0.346. The molecule has 2 heteroatoms. The molecule has 0 atom stereocenters. The molecule has 0 N–H and O–H groups in total. The Morgan fingerprint density at radius 3 is 2.00 bits per heavy atom. The minimum atomic E-state index is 0.339. The summed E-state index contributed by atoms with van der Waals surface area (Å²) in [5.74, 6) is 0. The van der Waals surface area contributed by atoms with Crippen molar-refractivity contribution < 1.29 is 0 Å². The lowest BCUT2D eigenvalue weighted by Gasteiger charge is -1.86. The second-order valence-electron chi connectivity index (χ2n) is 1.16. The van der Waals surface area contributed by atoms with Gasteiger partial charge < -0.3 is 0 Å². The van der Waals surface area contributed by atoms with Gasteiger partial charge in [-0.05, 0) is 6.08 Å². The SMILES string of the molecule is C=C/C=C(/Cl)C(=C)Cl. The molecular weight excluding hydrogens is 143 g/mol. The van der Waals surface area contributed by atoms with Crippen LogP contribution in [0.15, 0.2) is 35.4 Å². The van der Waals surface area contributed by atoms with Gasteiger partial charge in [-0.25, -0.2) is 0 Å². The Bertz CT molecular complexity index is 133. The van der Waals surface area contributed by atoms with E-state index < -0.39 is 0 Å². The Hall–Kier alpha value is -0.200. The highest BCUT2D eigenvalue weighted by Gasteiger charge is 1.88. The summed E-state index contributed by atoms with van der Waals surface area (Å²) in [5.41, 5.74) is 0. The lowest BCUT2D eigenvalue weighted by molar-refractivity contribution is 1.84. The number of allylic oxidation sites excluding steroid dienone is 4. The molecule has 0 aromatic carbocycles. The van der Waals surface area contributed by atoms with E-state index in [-0.39, 0.29) is 0 Å². The zero-order valence-corrected chi connectivity index (χ0v) is 5.84. The normalized spacial score (nSPS) is 11.0. The highest BCUT2D eigenvalue weighted by molar-refractivity contribution is 6.43. The molecule has 0 aliphatic rings. The van der Waals surface area contributed by atoms with Crippen molar-refractivity contribution in [1.82, 2.24) is 0 Å². The number of rotatable bonds is 2. The maximum atomic E-state index is 5.47. The third-order valence-electron chi connectivity index (χ3n) is 0.523. The van der Waals surface area contributed by atoms with Gasteiger partial charge in [0.2, 0.25) is 0 Å². The molecule has 0 aliphatic heterocycles. The van der Waals surface area contributed by atoms with Crippen LogP contribution in [0.4, 0.5) is 0 Å². The maximum absolute atomic E-state index is 5.47. The number of hydrogen-bond acceptors (Lipinski definition) is 0. The second kappa shape index (κ2) is 3.76. The Balaban J connectivity index is 3.99. The summed E-state index contributed by atoms with van der Waals surface area (Å²) in [6.45, 7) is 6.81. The molecule has 0 saturated carbocycles. The van der Waals surface area contributed by atoms with Crippen LogP contribution in [0.25, 0.3) is 0 Å². The van der Waals surface area contributed by atoms with E-state index in [4.69, 9.17) is 23.2 Å². The van der Waals surface area contributed by atoms with E-state index in [1.807, 2.05) is 0 Å². The van der Waals surface area contributed by atoms with Gasteiger partial charge in [0.05, 0.1) is 10.1 Å². The van der Waals surface area contributed by atoms with Crippen LogP contribution in [-0.2, 0) is 0 Å². The van der Waals surface area contributed by atoms with Gasteiger partial charge in [-0.15, -0.1) is 0 Å². The van der Waals surface area contributed by atoms with E-state index in [9.17, 15) is 0 Å². The summed E-state index contributed by atoms with van der Waals surface area (Å²) < 4.78 is 0. The third-order valence-corrected chi connectivity index (χ3v) is 1.18. The predicted molar refractivity (Wildman–Crippen MR) is 39.1 cm³/mol. The van der Waals surface area contributed by atoms with E-state index in [0.717, 1.165) is 0 Å². The highest BCUT2D eigenvalue weighted by atomic mass is 35.5. The van der Waals surface area contributed by atoms with Crippen LogP contribution in [0.2, 0.25) is 0 Å². The van der Waals surface area contributed by atoms with Crippen molar-refractivity contribution in [2.24, 2.45) is 0 Å². The van der Waals surface area contributed by atoms with Gasteiger partial charge in [0.1, 0.15) is 0 Å². The predicted octanol–water partition coefficient (Wildman–Crippen LogP) is 3.05. The van der Waals surface area contributed by atoms with Crippen molar-refractivity contribution in [2.75, 3.05) is 0 Å². The monoisotopic (exact) mass is 148 g/mol. The molecule has 0 heterocycles. The molecule has 0 amide bonds. The minimum absolute atomic E-state index is 0.339. The van der Waals surface area contributed by atoms with Gasteiger partial charge in [-0.1, -0.05) is 42.4 Å². The fourth-order valence-electron chi connectivity index (χ4n) is 0.194. The van der Waals surface area contributed by atoms with Gasteiger partial charge in [-0.2, -0.15) is 0 Å². The van der Waals surface area contributed by atoms with Gasteiger partial charge in [0, 0.05) is 0 Å². The molecule has 0 nitrogen and oxygen atoms in total. The van der Waals surface area contributed by atoms with E-state index in [1.165, 1.54) is 0 Å². The quantitative estimate of drug-likeness (QED) is 0.529. The average molecular weight is 149 g/mol. The lowest BCUT2D eigenvalue weighted by atomic mass is 10.5. The molecule has 0 rings (SSSR count). The molecular formula is C6H6Cl2. The largest absolute Gasteiger partial charge is 0.0990 e. The van der Waals surface area contributed by atoms with Crippen LogP contribution in [-0.4, -0.2) is 0 Å². The molecule has 0 aromatic heterocycles. The van der Waals surface area contributed by atoms with E-state index in [1.54, 1.807) is 12.2 Å². The smallest absolute Gasteiger partial charge is 0.0586 e. The lowest BCUT2D eigenvalue weighted by Crippen LogP contribution is -1.64. The van der Waals surface area contributed by atoms with Crippen molar-refractivity contribution in [2.45, 2.75) is 0 Å². The molecule has 0 aromatic rings. The van der Waals surface area contributed by atoms with Gasteiger partial charge in [0.25, 0.3) is 0 Å². The van der Waals surface area contributed by atoms with E-state index in [2.05, 4.69) is 13.2 Å². The Labute approximate surface area is 59.1 Å². The molecule has 0 spiro atoms. The first-order valence-electron chi connectivity index (χ1n) is 2.01. The maximum Gasteiger partial charge on any atom is 0.0586 e. The fraction of sp³-hybridized carbons (Fsp3) is 0. The Morgan fingerprint density at radius 2 is 1.88 bits per heavy atom. The first kappa shape index (κ1) is 7.80. The first-order valence-corrected chi connectivity index (χ1v) is 2.77. The van der Waals surface area contributed by atoms with Crippen molar-refractivity contribution in [3.63, 3.8) is 0 Å². The first-order chi connectivity index (χ1) is 3.68. The van der Waals surface area contributed by atoms with Crippen molar-refractivity contribution in [3.05, 3.63) is 35.4 Å². The van der Waals surface area contributed by atoms with Crippen LogP contribution < -0.4 is 0 Å². The molecule has 44 valence electrons. The summed E-state index contributed by atoms with van der Waals surface area (Å²) in [5, 5.41) is 0.772. The van der Waals surface area contributed by atoms with E-state index >= 15 is 0 Å². The summed E-state index contributed by atoms with van der Waals surface area (Å²) >= 11 is 10.8. The molecule has 0 saturated heterocycles. The van der Waals surface area contributed by atoms with Crippen LogP contribution in [0.3, 0.4) is 0 Å². The zero-order chi connectivity index (χ0) is 6.57. The van der Waals surface area contributed by atoms with Gasteiger partial charge in [-0.3, -0.25) is 0 Å². The van der Waals surface area contributed by atoms with Gasteiger partial charge in [0.15, 0.2) is 0 Å². The summed E-state index contributed by atoms with van der Waals surface area (Å²) in [6, 6.07) is 0. The highest BCUT2D eigenvalue weighted by Crippen LogP contribution is 2.15. The topological polar surface area (TPSA) is 0 Å². The van der Waals surface area contributed by atoms with E-state index in [0.29, 0.717) is 10.1 Å². The Kier molecular flexibility index (Phi) is 3.67. The molecule has 0 radical (unpaired) electrons. The van der Waals surface area contributed by atoms with Crippen LogP contribution in [0.5, 0.6) is 0 Å². The van der Waals surface area contributed by atoms with Crippen molar-refractivity contribution >= 4 is 23.2 Å². The number of halogens is 2. The third kappa shape index (κ3) is 2.89. The van der Waals surface area contributed by atoms with Crippen molar-refractivity contribution in [1.29, 1.82) is 0 Å². The van der Waals surface area contributed by atoms with Crippen LogP contribution >= 0.6 is 23.2 Å². The summed E-state index contributed by atoms with van der Waals surface area (Å²) in [6.07, 6.45) is 3.13. The second-order valence-corrected chi connectivity index (χ2v) is 2.02. The average Bonchev–Trinajstić information content (AvgIpc) is 1.67. The molecule has 8 heavy (non-hydrogen) atoms. The zero-order valence-electron chi connectivity index (χ0n) is 4.32. The summed E-state index contributed by atoms with van der Waals surface area (Å²) in [4.78, 5) is 0. The molecule has 0 aliphatic carbocycles. The standard InChI is InChI=1S/C6H6Cl2/c1-3-4-6(8)5(2)7/h3-4H,1-2H2/b6-4+. The summed E-state index contributed by atoms with van der Waals surface area (Å²) in [7, 11) is 0. The molecule has 0 fully saturated rings. The van der Waals surface area contributed by atoms with Gasteiger partial charge >= 0.3 is 0 Å². The van der Waals surface area contributed by atoms with Crippen LogP contribution in [0.1, 0.15) is 0 Å². The van der Waals surface area contributed by atoms with Crippen LogP contribution in [0, 0.1) is 0 Å². The Morgan fingerprint density at radius 1 is 1.38 bits per heavy atom. The van der Waals surface area contributed by atoms with Crippen molar-refractivity contribution in [3.8, 4) is 0 Å². The molecule has 0 unspecified atom stereocenters. The molecule has 0 bridgehead atoms.